The zero-order chi connectivity index (χ0) is 9.72. The Balaban J connectivity index is 4.21. The van der Waals surface area contributed by atoms with Crippen LogP contribution in [0.5, 0.6) is 0 Å². The fourth-order valence-corrected chi connectivity index (χ4v) is 1.31. The van der Waals surface area contributed by atoms with Gasteiger partial charge in [0.15, 0.2) is 0 Å². The Hall–Kier alpha value is -0.120. The lowest BCUT2D eigenvalue weighted by molar-refractivity contribution is -0.120. The molecule has 0 aromatic carbocycles. The zero-order valence-corrected chi connectivity index (χ0v) is 8.49. The van der Waals surface area contributed by atoms with E-state index in [1.54, 1.807) is 4.90 Å². The van der Waals surface area contributed by atoms with E-state index in [1.165, 1.54) is 0 Å². The van der Waals surface area contributed by atoms with Gasteiger partial charge in [-0.25, -0.2) is 0 Å². The molecule has 0 aromatic rings. The summed E-state index contributed by atoms with van der Waals surface area (Å²) in [5.41, 5.74) is 0. The van der Waals surface area contributed by atoms with Gasteiger partial charge in [0.05, 0.1) is 0 Å². The van der Waals surface area contributed by atoms with E-state index >= 15 is 0 Å². The summed E-state index contributed by atoms with van der Waals surface area (Å²) in [6.45, 7) is 7.75. The van der Waals surface area contributed by atoms with Gasteiger partial charge in [0.25, 0.3) is 0 Å². The summed E-state index contributed by atoms with van der Waals surface area (Å²) in [4.78, 5) is 1.72. The van der Waals surface area contributed by atoms with Crippen LogP contribution in [0.3, 0.4) is 0 Å². The van der Waals surface area contributed by atoms with E-state index in [-0.39, 0.29) is 6.04 Å². The van der Waals surface area contributed by atoms with Crippen molar-refractivity contribution in [3.8, 4) is 0 Å². The summed E-state index contributed by atoms with van der Waals surface area (Å²) in [6, 6.07) is 0.176. The van der Waals surface area contributed by atoms with E-state index in [9.17, 15) is 10.2 Å². The van der Waals surface area contributed by atoms with E-state index in [0.29, 0.717) is 12.8 Å². The molecule has 0 saturated carbocycles. The van der Waals surface area contributed by atoms with Crippen molar-refractivity contribution in [2.45, 2.75) is 59.0 Å². The van der Waals surface area contributed by atoms with Gasteiger partial charge in [-0.15, -0.1) is 0 Å². The highest BCUT2D eigenvalue weighted by molar-refractivity contribution is 4.67. The van der Waals surface area contributed by atoms with Crippen LogP contribution in [0.1, 0.15) is 40.5 Å². The van der Waals surface area contributed by atoms with Crippen LogP contribution in [0.4, 0.5) is 0 Å². The van der Waals surface area contributed by atoms with Gasteiger partial charge in [0.2, 0.25) is 0 Å². The summed E-state index contributed by atoms with van der Waals surface area (Å²) < 4.78 is 0. The topological polar surface area (TPSA) is 43.7 Å². The SMILES string of the molecule is CCC(O)N(C(C)C)C(O)CC. The van der Waals surface area contributed by atoms with Crippen molar-refractivity contribution in [2.75, 3.05) is 0 Å². The summed E-state index contributed by atoms with van der Waals surface area (Å²) in [7, 11) is 0. The fourth-order valence-electron chi connectivity index (χ4n) is 1.31. The van der Waals surface area contributed by atoms with Gasteiger partial charge in [0, 0.05) is 6.04 Å². The number of nitrogens with zero attached hydrogens (tertiary/aromatic N) is 1. The molecule has 0 aliphatic heterocycles. The third-order valence-electron chi connectivity index (χ3n) is 2.01. The Morgan fingerprint density at radius 2 is 1.33 bits per heavy atom. The molecule has 74 valence electrons. The highest BCUT2D eigenvalue weighted by atomic mass is 16.3. The molecule has 0 aromatic heterocycles. The number of aliphatic hydroxyl groups excluding tert-OH is 2. The molecule has 0 aliphatic rings. The second-order valence-corrected chi connectivity index (χ2v) is 3.32. The van der Waals surface area contributed by atoms with Crippen molar-refractivity contribution in [2.24, 2.45) is 0 Å². The summed E-state index contributed by atoms with van der Waals surface area (Å²) in [5, 5.41) is 19.1. The van der Waals surface area contributed by atoms with Gasteiger partial charge in [0.1, 0.15) is 12.5 Å². The van der Waals surface area contributed by atoms with Crippen molar-refractivity contribution in [3.05, 3.63) is 0 Å². The molecule has 0 rings (SSSR count). The highest BCUT2D eigenvalue weighted by Crippen LogP contribution is 2.12. The van der Waals surface area contributed by atoms with Gasteiger partial charge < -0.3 is 10.2 Å². The van der Waals surface area contributed by atoms with Crippen LogP contribution in [0.25, 0.3) is 0 Å². The van der Waals surface area contributed by atoms with E-state index in [4.69, 9.17) is 0 Å². The number of rotatable bonds is 5. The number of hydrogen-bond donors (Lipinski definition) is 2. The molecule has 2 unspecified atom stereocenters. The lowest BCUT2D eigenvalue weighted by Gasteiger charge is -2.34. The Morgan fingerprint density at radius 1 is 1.00 bits per heavy atom. The van der Waals surface area contributed by atoms with Crippen molar-refractivity contribution < 1.29 is 10.2 Å². The van der Waals surface area contributed by atoms with Crippen molar-refractivity contribution >= 4 is 0 Å². The molecule has 0 aliphatic carbocycles. The minimum atomic E-state index is -0.528. The first-order chi connectivity index (χ1) is 5.54. The maximum absolute atomic E-state index is 9.56. The second kappa shape index (κ2) is 5.51. The molecule has 3 heteroatoms. The van der Waals surface area contributed by atoms with Gasteiger partial charge in [-0.05, 0) is 26.7 Å². The van der Waals surface area contributed by atoms with Crippen LogP contribution in [-0.4, -0.2) is 33.6 Å². The van der Waals surface area contributed by atoms with Crippen molar-refractivity contribution in [1.29, 1.82) is 0 Å². The first kappa shape index (κ1) is 11.9. The summed E-state index contributed by atoms with van der Waals surface area (Å²) in [5.74, 6) is 0. The lowest BCUT2D eigenvalue weighted by Crippen LogP contribution is -2.46. The molecule has 2 N–H and O–H groups in total. The monoisotopic (exact) mass is 175 g/mol. The van der Waals surface area contributed by atoms with Crippen LogP contribution in [0.2, 0.25) is 0 Å². The number of hydrogen-bond acceptors (Lipinski definition) is 3. The maximum atomic E-state index is 9.56. The van der Waals surface area contributed by atoms with E-state index in [1.807, 2.05) is 27.7 Å². The molecular weight excluding hydrogens is 154 g/mol. The van der Waals surface area contributed by atoms with Crippen LogP contribution in [0.15, 0.2) is 0 Å². The maximum Gasteiger partial charge on any atom is 0.109 e. The molecule has 3 nitrogen and oxygen atoms in total. The van der Waals surface area contributed by atoms with Gasteiger partial charge in [-0.2, -0.15) is 0 Å². The molecule has 0 fully saturated rings. The predicted octanol–water partition coefficient (Wildman–Crippen LogP) is 1.15. The van der Waals surface area contributed by atoms with Crippen LogP contribution in [0, 0.1) is 0 Å². The third kappa shape index (κ3) is 3.09. The average Bonchev–Trinajstić information content (AvgIpc) is 2.03. The standard InChI is InChI=1S/C9H21NO2/c1-5-8(11)10(7(3)4)9(12)6-2/h7-9,11-12H,5-6H2,1-4H3. The smallest absolute Gasteiger partial charge is 0.109 e. The van der Waals surface area contributed by atoms with Crippen LogP contribution in [-0.2, 0) is 0 Å². The minimum absolute atomic E-state index is 0.176. The summed E-state index contributed by atoms with van der Waals surface area (Å²) >= 11 is 0. The second-order valence-electron chi connectivity index (χ2n) is 3.32. The molecular formula is C9H21NO2. The van der Waals surface area contributed by atoms with E-state index < -0.39 is 12.5 Å². The number of aliphatic hydroxyl groups is 2. The molecule has 12 heavy (non-hydrogen) atoms. The molecule has 0 bridgehead atoms. The Kier molecular flexibility index (Phi) is 5.46. The van der Waals surface area contributed by atoms with Gasteiger partial charge in [-0.3, -0.25) is 4.90 Å². The average molecular weight is 175 g/mol. The van der Waals surface area contributed by atoms with Crippen LogP contribution >= 0.6 is 0 Å². The predicted molar refractivity (Wildman–Crippen MR) is 49.6 cm³/mol. The molecule has 0 saturated heterocycles. The van der Waals surface area contributed by atoms with Crippen molar-refractivity contribution in [1.82, 2.24) is 4.90 Å². The first-order valence-electron chi connectivity index (χ1n) is 4.68. The zero-order valence-electron chi connectivity index (χ0n) is 8.49. The largest absolute Gasteiger partial charge is 0.378 e. The van der Waals surface area contributed by atoms with Crippen molar-refractivity contribution in [3.63, 3.8) is 0 Å². The summed E-state index contributed by atoms with van der Waals surface area (Å²) in [6.07, 6.45) is 0.240. The van der Waals surface area contributed by atoms with Gasteiger partial charge >= 0.3 is 0 Å². The molecule has 0 amide bonds. The van der Waals surface area contributed by atoms with Gasteiger partial charge in [-0.1, -0.05) is 13.8 Å². The highest BCUT2D eigenvalue weighted by Gasteiger charge is 2.22. The Bertz CT molecular complexity index is 107. The Labute approximate surface area is 75.0 Å². The third-order valence-corrected chi connectivity index (χ3v) is 2.01. The quantitative estimate of drug-likeness (QED) is 0.616. The molecule has 0 radical (unpaired) electrons. The minimum Gasteiger partial charge on any atom is -0.378 e. The normalized spacial score (nSPS) is 17.0. The van der Waals surface area contributed by atoms with Crippen LogP contribution < -0.4 is 0 Å². The van der Waals surface area contributed by atoms with E-state index in [2.05, 4.69) is 0 Å². The molecule has 0 heterocycles. The lowest BCUT2D eigenvalue weighted by atomic mass is 10.2. The Morgan fingerprint density at radius 3 is 1.50 bits per heavy atom. The fraction of sp³-hybridized carbons (Fsp3) is 1.00. The van der Waals surface area contributed by atoms with E-state index in [0.717, 1.165) is 0 Å². The first-order valence-corrected chi connectivity index (χ1v) is 4.68. The molecule has 0 spiro atoms. The molecule has 2 atom stereocenters.